The Kier molecular flexibility index (Phi) is 6.20. The van der Waals surface area contributed by atoms with Crippen LogP contribution in [0.2, 0.25) is 5.02 Å². The Bertz CT molecular complexity index is 761. The van der Waals surface area contributed by atoms with Crippen molar-refractivity contribution < 1.29 is 9.53 Å². The van der Waals surface area contributed by atoms with E-state index in [0.29, 0.717) is 5.92 Å². The van der Waals surface area contributed by atoms with E-state index < -0.39 is 0 Å². The van der Waals surface area contributed by atoms with Crippen molar-refractivity contribution >= 4 is 28.8 Å². The zero-order chi connectivity index (χ0) is 18.7. The monoisotopic (exact) mass is 392 g/mol. The Labute approximate surface area is 164 Å². The van der Waals surface area contributed by atoms with Gasteiger partial charge in [0.2, 0.25) is 0 Å². The lowest BCUT2D eigenvalue weighted by atomic mass is 9.99. The van der Waals surface area contributed by atoms with Crippen molar-refractivity contribution in [3.8, 4) is 5.75 Å². The van der Waals surface area contributed by atoms with E-state index in [1.807, 2.05) is 35.5 Å². The molecule has 0 aliphatic carbocycles. The minimum atomic E-state index is 0.0357. The second-order valence-electron chi connectivity index (χ2n) is 7.13. The van der Waals surface area contributed by atoms with Crippen LogP contribution in [-0.4, -0.2) is 35.5 Å². The third-order valence-electron chi connectivity index (χ3n) is 4.84. The second-order valence-corrected chi connectivity index (χ2v) is 8.47. The molecule has 1 amide bonds. The number of hydrogen-bond donors (Lipinski definition) is 0. The molecule has 1 aliphatic rings. The van der Waals surface area contributed by atoms with E-state index in [1.165, 1.54) is 0 Å². The summed E-state index contributed by atoms with van der Waals surface area (Å²) in [5.74, 6) is 1.41. The topological polar surface area (TPSA) is 42.4 Å². The molecule has 1 aromatic heterocycles. The van der Waals surface area contributed by atoms with Gasteiger partial charge in [0.25, 0.3) is 5.91 Å². The Morgan fingerprint density at radius 1 is 1.46 bits per heavy atom. The number of amides is 1. The Morgan fingerprint density at radius 2 is 2.27 bits per heavy atom. The number of halogens is 1. The summed E-state index contributed by atoms with van der Waals surface area (Å²) in [4.78, 5) is 19.0. The van der Waals surface area contributed by atoms with Crippen LogP contribution in [0, 0.1) is 6.92 Å². The maximum Gasteiger partial charge on any atom is 0.260 e. The quantitative estimate of drug-likeness (QED) is 0.717. The summed E-state index contributed by atoms with van der Waals surface area (Å²) < 4.78 is 5.91. The molecule has 2 aromatic rings. The predicted molar refractivity (Wildman–Crippen MR) is 106 cm³/mol. The molecule has 0 spiro atoms. The summed E-state index contributed by atoms with van der Waals surface area (Å²) in [6, 6.07) is 3.88. The minimum Gasteiger partial charge on any atom is -0.483 e. The highest BCUT2D eigenvalue weighted by Gasteiger charge is 2.26. The van der Waals surface area contributed by atoms with Gasteiger partial charge >= 0.3 is 0 Å². The molecule has 0 N–H and O–H groups in total. The van der Waals surface area contributed by atoms with Crippen molar-refractivity contribution in [2.45, 2.75) is 45.4 Å². The number of ether oxygens (including phenoxy) is 1. The standard InChI is InChI=1S/C20H25ClN2O2S/c1-13(2)16-10-17(21)14(3)9-18(16)25-12-19(24)23-7-4-5-15(11-23)20-22-6-8-26-20/h6,8-10,13,15H,4-5,7,11-12H2,1-3H3. The van der Waals surface area contributed by atoms with Crippen LogP contribution in [-0.2, 0) is 4.79 Å². The summed E-state index contributed by atoms with van der Waals surface area (Å²) in [5.41, 5.74) is 1.99. The van der Waals surface area contributed by atoms with Crippen molar-refractivity contribution in [1.82, 2.24) is 9.88 Å². The second kappa shape index (κ2) is 8.40. The third-order valence-corrected chi connectivity index (χ3v) is 6.18. The van der Waals surface area contributed by atoms with Crippen molar-refractivity contribution in [2.24, 2.45) is 0 Å². The molecule has 26 heavy (non-hydrogen) atoms. The molecule has 1 atom stereocenters. The van der Waals surface area contributed by atoms with E-state index in [1.54, 1.807) is 11.3 Å². The van der Waals surface area contributed by atoms with Gasteiger partial charge in [-0.1, -0.05) is 25.4 Å². The molecule has 1 aromatic carbocycles. The maximum absolute atomic E-state index is 12.7. The smallest absolute Gasteiger partial charge is 0.260 e. The normalized spacial score (nSPS) is 17.6. The number of aromatic nitrogens is 1. The van der Waals surface area contributed by atoms with Crippen LogP contribution in [0.25, 0.3) is 0 Å². The van der Waals surface area contributed by atoms with Gasteiger partial charge in [-0.15, -0.1) is 11.3 Å². The highest BCUT2D eigenvalue weighted by molar-refractivity contribution is 7.09. The highest BCUT2D eigenvalue weighted by Crippen LogP contribution is 2.32. The lowest BCUT2D eigenvalue weighted by molar-refractivity contribution is -0.134. The first-order chi connectivity index (χ1) is 12.5. The number of nitrogens with zero attached hydrogens (tertiary/aromatic N) is 2. The summed E-state index contributed by atoms with van der Waals surface area (Å²) in [5, 5.41) is 3.85. The summed E-state index contributed by atoms with van der Waals surface area (Å²) in [6.45, 7) is 7.72. The van der Waals surface area contributed by atoms with E-state index in [4.69, 9.17) is 16.3 Å². The first-order valence-corrected chi connectivity index (χ1v) is 10.3. The van der Waals surface area contributed by atoms with Crippen LogP contribution >= 0.6 is 22.9 Å². The maximum atomic E-state index is 12.7. The van der Waals surface area contributed by atoms with Crippen LogP contribution in [0.3, 0.4) is 0 Å². The molecule has 0 saturated carbocycles. The summed E-state index contributed by atoms with van der Waals surface area (Å²) >= 11 is 7.91. The van der Waals surface area contributed by atoms with Crippen LogP contribution in [0.4, 0.5) is 0 Å². The molecule has 0 bridgehead atoms. The number of thiazole rings is 1. The van der Waals surface area contributed by atoms with Crippen LogP contribution in [0.5, 0.6) is 5.75 Å². The zero-order valence-electron chi connectivity index (χ0n) is 15.5. The van der Waals surface area contributed by atoms with E-state index in [9.17, 15) is 4.79 Å². The molecule has 3 rings (SSSR count). The van der Waals surface area contributed by atoms with Gasteiger partial charge in [-0.3, -0.25) is 4.79 Å². The number of hydrogen-bond acceptors (Lipinski definition) is 4. The van der Waals surface area contributed by atoms with Crippen molar-refractivity contribution in [3.05, 3.63) is 44.9 Å². The fourth-order valence-electron chi connectivity index (χ4n) is 3.32. The Morgan fingerprint density at radius 3 is 2.96 bits per heavy atom. The summed E-state index contributed by atoms with van der Waals surface area (Å²) in [7, 11) is 0. The number of carbonyl (C=O) groups excluding carboxylic acids is 1. The van der Waals surface area contributed by atoms with Crippen molar-refractivity contribution in [3.63, 3.8) is 0 Å². The number of carbonyl (C=O) groups is 1. The lowest BCUT2D eigenvalue weighted by Crippen LogP contribution is -2.41. The van der Waals surface area contributed by atoms with Crippen LogP contribution in [0.15, 0.2) is 23.7 Å². The Balaban J connectivity index is 1.64. The molecular formula is C20H25ClN2O2S. The highest BCUT2D eigenvalue weighted by atomic mass is 35.5. The molecule has 1 unspecified atom stereocenters. The first-order valence-electron chi connectivity index (χ1n) is 9.05. The first kappa shape index (κ1) is 19.2. The fourth-order valence-corrected chi connectivity index (χ4v) is 4.26. The summed E-state index contributed by atoms with van der Waals surface area (Å²) in [6.07, 6.45) is 3.93. The van der Waals surface area contributed by atoms with E-state index in [2.05, 4.69) is 18.8 Å². The van der Waals surface area contributed by atoms with Gasteiger partial charge in [0.15, 0.2) is 6.61 Å². The predicted octanol–water partition coefficient (Wildman–Crippen LogP) is 5.01. The lowest BCUT2D eigenvalue weighted by Gasteiger charge is -2.32. The molecule has 2 heterocycles. The van der Waals surface area contributed by atoms with Gasteiger partial charge < -0.3 is 9.64 Å². The molecular weight excluding hydrogens is 368 g/mol. The number of likely N-dealkylation sites (tertiary alicyclic amines) is 1. The SMILES string of the molecule is Cc1cc(OCC(=O)N2CCCC(c3nccs3)C2)c(C(C)C)cc1Cl. The molecule has 1 aliphatic heterocycles. The molecule has 0 radical (unpaired) electrons. The number of aryl methyl sites for hydroxylation is 1. The van der Waals surface area contributed by atoms with E-state index >= 15 is 0 Å². The molecule has 6 heteroatoms. The zero-order valence-corrected chi connectivity index (χ0v) is 17.1. The van der Waals surface area contributed by atoms with E-state index in [0.717, 1.165) is 52.8 Å². The van der Waals surface area contributed by atoms with Gasteiger partial charge in [-0.05, 0) is 48.9 Å². The fraction of sp³-hybridized carbons (Fsp3) is 0.500. The molecule has 140 valence electrons. The molecule has 1 fully saturated rings. The van der Waals surface area contributed by atoms with E-state index in [-0.39, 0.29) is 18.4 Å². The third kappa shape index (κ3) is 4.38. The van der Waals surface area contributed by atoms with Crippen LogP contribution in [0.1, 0.15) is 54.7 Å². The van der Waals surface area contributed by atoms with Gasteiger partial charge in [0.1, 0.15) is 5.75 Å². The number of benzene rings is 1. The molecule has 4 nitrogen and oxygen atoms in total. The minimum absolute atomic E-state index is 0.0357. The van der Waals surface area contributed by atoms with Gasteiger partial charge in [0.05, 0.1) is 5.01 Å². The average Bonchev–Trinajstić information content (AvgIpc) is 3.16. The molecule has 1 saturated heterocycles. The number of piperidine rings is 1. The van der Waals surface area contributed by atoms with Gasteiger partial charge in [0, 0.05) is 35.6 Å². The Hall–Kier alpha value is -1.59. The van der Waals surface area contributed by atoms with Crippen molar-refractivity contribution in [2.75, 3.05) is 19.7 Å². The number of rotatable bonds is 5. The average molecular weight is 393 g/mol. The largest absolute Gasteiger partial charge is 0.483 e. The van der Waals surface area contributed by atoms with Crippen molar-refractivity contribution in [1.29, 1.82) is 0 Å². The van der Waals surface area contributed by atoms with Gasteiger partial charge in [-0.2, -0.15) is 0 Å². The van der Waals surface area contributed by atoms with Crippen LogP contribution < -0.4 is 4.74 Å². The van der Waals surface area contributed by atoms with Gasteiger partial charge in [-0.25, -0.2) is 4.98 Å².